The maximum absolute atomic E-state index is 11.7. The lowest BCUT2D eigenvalue weighted by Gasteiger charge is -2.22. The minimum Gasteiger partial charge on any atom is -0.352 e. The van der Waals surface area contributed by atoms with Crippen molar-refractivity contribution in [1.82, 2.24) is 20.4 Å². The number of carbonyl (C=O) groups excluding carboxylic acids is 1. The minimum atomic E-state index is 0.118. The van der Waals surface area contributed by atoms with Gasteiger partial charge in [-0.2, -0.15) is 5.10 Å². The van der Waals surface area contributed by atoms with Gasteiger partial charge in [0.2, 0.25) is 5.91 Å². The molecule has 5 nitrogen and oxygen atoms in total. The molecule has 0 aliphatic heterocycles. The zero-order valence-electron chi connectivity index (χ0n) is 11.7. The first kappa shape index (κ1) is 14.1. The average molecular weight is 264 g/mol. The second-order valence-corrected chi connectivity index (χ2v) is 5.31. The molecule has 1 aliphatic rings. The van der Waals surface area contributed by atoms with E-state index in [1.165, 1.54) is 19.3 Å². The van der Waals surface area contributed by atoms with Crippen molar-refractivity contribution in [2.75, 3.05) is 13.1 Å². The van der Waals surface area contributed by atoms with Crippen LogP contribution in [0, 0.1) is 0 Å². The summed E-state index contributed by atoms with van der Waals surface area (Å²) in [6, 6.07) is 2.41. The Kier molecular flexibility index (Phi) is 5.39. The number of amides is 1. The second-order valence-electron chi connectivity index (χ2n) is 5.31. The van der Waals surface area contributed by atoms with E-state index in [1.54, 1.807) is 4.68 Å². The maximum Gasteiger partial charge on any atom is 0.234 e. The molecule has 0 atom stereocenters. The van der Waals surface area contributed by atoms with Crippen molar-refractivity contribution in [3.05, 3.63) is 18.0 Å². The quantitative estimate of drug-likeness (QED) is 0.754. The molecule has 0 aromatic carbocycles. The van der Waals surface area contributed by atoms with Gasteiger partial charge >= 0.3 is 0 Å². The van der Waals surface area contributed by atoms with Crippen molar-refractivity contribution in [1.29, 1.82) is 0 Å². The van der Waals surface area contributed by atoms with E-state index in [0.29, 0.717) is 12.6 Å². The summed E-state index contributed by atoms with van der Waals surface area (Å²) < 4.78 is 1.80. The van der Waals surface area contributed by atoms with Gasteiger partial charge in [-0.15, -0.1) is 0 Å². The monoisotopic (exact) mass is 264 g/mol. The Bertz CT molecular complexity index is 396. The van der Waals surface area contributed by atoms with Gasteiger partial charge in [-0.3, -0.25) is 9.48 Å². The van der Waals surface area contributed by atoms with Gasteiger partial charge in [-0.1, -0.05) is 19.3 Å². The number of aromatic nitrogens is 2. The summed E-state index contributed by atoms with van der Waals surface area (Å²) in [6.07, 6.45) is 8.88. The lowest BCUT2D eigenvalue weighted by Crippen LogP contribution is -2.41. The normalized spacial score (nSPS) is 16.5. The first-order chi connectivity index (χ1) is 9.24. The summed E-state index contributed by atoms with van der Waals surface area (Å²) in [7, 11) is 1.91. The van der Waals surface area contributed by atoms with Gasteiger partial charge in [0.25, 0.3) is 0 Å². The van der Waals surface area contributed by atoms with Crippen LogP contribution in [0.4, 0.5) is 0 Å². The number of hydrogen-bond donors (Lipinski definition) is 2. The van der Waals surface area contributed by atoms with Crippen molar-refractivity contribution in [2.45, 2.75) is 44.6 Å². The van der Waals surface area contributed by atoms with Gasteiger partial charge in [0.15, 0.2) is 0 Å². The van der Waals surface area contributed by atoms with Crippen LogP contribution in [0.2, 0.25) is 0 Å². The fourth-order valence-corrected chi connectivity index (χ4v) is 2.54. The first-order valence-electron chi connectivity index (χ1n) is 7.22. The van der Waals surface area contributed by atoms with Crippen LogP contribution < -0.4 is 10.6 Å². The number of hydrogen-bond acceptors (Lipinski definition) is 3. The molecule has 5 heteroatoms. The Hall–Kier alpha value is -1.36. The van der Waals surface area contributed by atoms with E-state index < -0.39 is 0 Å². The van der Waals surface area contributed by atoms with Gasteiger partial charge in [0.05, 0.1) is 12.2 Å². The van der Waals surface area contributed by atoms with E-state index in [4.69, 9.17) is 0 Å². The third kappa shape index (κ3) is 5.03. The van der Waals surface area contributed by atoms with Crippen molar-refractivity contribution >= 4 is 5.91 Å². The van der Waals surface area contributed by atoms with E-state index in [2.05, 4.69) is 15.7 Å². The molecule has 1 amide bonds. The van der Waals surface area contributed by atoms with Gasteiger partial charge in [0.1, 0.15) is 0 Å². The lowest BCUT2D eigenvalue weighted by atomic mass is 9.95. The lowest BCUT2D eigenvalue weighted by molar-refractivity contribution is -0.121. The molecule has 1 heterocycles. The van der Waals surface area contributed by atoms with Crippen molar-refractivity contribution < 1.29 is 4.79 Å². The van der Waals surface area contributed by atoms with Crippen molar-refractivity contribution in [3.8, 4) is 0 Å². The highest BCUT2D eigenvalue weighted by Gasteiger charge is 2.14. The van der Waals surface area contributed by atoms with Crippen LogP contribution in [0.25, 0.3) is 0 Å². The van der Waals surface area contributed by atoms with Crippen LogP contribution >= 0.6 is 0 Å². The fourth-order valence-electron chi connectivity index (χ4n) is 2.54. The molecule has 2 N–H and O–H groups in total. The summed E-state index contributed by atoms with van der Waals surface area (Å²) in [4.78, 5) is 11.7. The van der Waals surface area contributed by atoms with E-state index in [9.17, 15) is 4.79 Å². The Labute approximate surface area is 114 Å². The van der Waals surface area contributed by atoms with Gasteiger partial charge < -0.3 is 10.6 Å². The summed E-state index contributed by atoms with van der Waals surface area (Å²) >= 11 is 0. The maximum atomic E-state index is 11.7. The van der Waals surface area contributed by atoms with Crippen molar-refractivity contribution in [2.24, 2.45) is 7.05 Å². The molecule has 1 aliphatic carbocycles. The highest BCUT2D eigenvalue weighted by Crippen LogP contribution is 2.16. The predicted molar refractivity (Wildman–Crippen MR) is 74.8 cm³/mol. The third-order valence-electron chi connectivity index (χ3n) is 3.58. The molecule has 0 bridgehead atoms. The average Bonchev–Trinajstić information content (AvgIpc) is 2.82. The zero-order valence-corrected chi connectivity index (χ0v) is 11.7. The number of rotatable bonds is 6. The Balaban J connectivity index is 1.56. The van der Waals surface area contributed by atoms with E-state index in [-0.39, 0.29) is 5.91 Å². The van der Waals surface area contributed by atoms with Gasteiger partial charge in [-0.05, 0) is 18.9 Å². The number of nitrogens with one attached hydrogen (secondary N) is 2. The van der Waals surface area contributed by atoms with E-state index in [0.717, 1.165) is 31.5 Å². The Morgan fingerprint density at radius 2 is 2.21 bits per heavy atom. The molecule has 0 radical (unpaired) electrons. The topological polar surface area (TPSA) is 59.0 Å². The van der Waals surface area contributed by atoms with Crippen molar-refractivity contribution in [3.63, 3.8) is 0 Å². The molecule has 1 aromatic rings. The summed E-state index contributed by atoms with van der Waals surface area (Å²) in [5.74, 6) is 0.118. The fraction of sp³-hybridized carbons (Fsp3) is 0.714. The second kappa shape index (κ2) is 7.28. The molecule has 1 aromatic heterocycles. The largest absolute Gasteiger partial charge is 0.352 e. The van der Waals surface area contributed by atoms with Crippen LogP contribution in [0.15, 0.2) is 12.3 Å². The molecule has 1 saturated carbocycles. The molecular weight excluding hydrogens is 240 g/mol. The summed E-state index contributed by atoms with van der Waals surface area (Å²) in [6.45, 7) is 1.19. The van der Waals surface area contributed by atoms with Crippen LogP contribution in [-0.2, 0) is 18.3 Å². The number of nitrogens with zero attached hydrogens (tertiary/aromatic N) is 2. The van der Waals surface area contributed by atoms with Crippen LogP contribution in [0.1, 0.15) is 37.8 Å². The molecular formula is C14H24N4O. The Morgan fingerprint density at radius 3 is 2.89 bits per heavy atom. The van der Waals surface area contributed by atoms with Crippen LogP contribution in [0.5, 0.6) is 0 Å². The third-order valence-corrected chi connectivity index (χ3v) is 3.58. The predicted octanol–water partition coefficient (Wildman–Crippen LogP) is 1.00. The van der Waals surface area contributed by atoms with E-state index >= 15 is 0 Å². The number of aryl methyl sites for hydroxylation is 1. The van der Waals surface area contributed by atoms with Crippen LogP contribution in [-0.4, -0.2) is 34.8 Å². The zero-order chi connectivity index (χ0) is 13.5. The van der Waals surface area contributed by atoms with Crippen LogP contribution in [0.3, 0.4) is 0 Å². The van der Waals surface area contributed by atoms with E-state index in [1.807, 2.05) is 19.3 Å². The van der Waals surface area contributed by atoms with Gasteiger partial charge in [-0.25, -0.2) is 0 Å². The van der Waals surface area contributed by atoms with Gasteiger partial charge in [0, 0.05) is 32.3 Å². The Morgan fingerprint density at radius 1 is 1.42 bits per heavy atom. The smallest absolute Gasteiger partial charge is 0.234 e. The summed E-state index contributed by atoms with van der Waals surface area (Å²) in [5.41, 5.74) is 1.06. The highest BCUT2D eigenvalue weighted by molar-refractivity contribution is 5.78. The first-order valence-corrected chi connectivity index (χ1v) is 7.22. The molecule has 2 rings (SSSR count). The SMILES string of the molecule is Cn1ccc(CCNCC(=O)NC2CCCCC2)n1. The molecule has 0 unspecified atom stereocenters. The highest BCUT2D eigenvalue weighted by atomic mass is 16.1. The molecule has 106 valence electrons. The minimum absolute atomic E-state index is 0.118. The number of carbonyl (C=O) groups is 1. The molecule has 1 fully saturated rings. The molecule has 0 spiro atoms. The summed E-state index contributed by atoms with van der Waals surface area (Å²) in [5, 5.41) is 10.6. The molecule has 0 saturated heterocycles. The molecule has 19 heavy (non-hydrogen) atoms. The standard InChI is InChI=1S/C14H24N4O/c1-18-10-8-13(17-18)7-9-15-11-14(19)16-12-5-3-2-4-6-12/h8,10,12,15H,2-7,9,11H2,1H3,(H,16,19).